The molecule has 6 heteroatoms. The predicted octanol–water partition coefficient (Wildman–Crippen LogP) is 5.43. The molecule has 0 N–H and O–H groups in total. The number of carbonyl (C=O) groups is 1. The summed E-state index contributed by atoms with van der Waals surface area (Å²) < 4.78 is 6.29. The first kappa shape index (κ1) is 24.8. The first-order chi connectivity index (χ1) is 17.0. The van der Waals surface area contributed by atoms with Crippen LogP contribution in [0, 0.1) is 25.2 Å². The number of hydrogen-bond acceptors (Lipinski definition) is 5. The highest BCUT2D eigenvalue weighted by Gasteiger charge is 2.38. The molecule has 5 nitrogen and oxygen atoms in total. The average Bonchev–Trinajstić information content (AvgIpc) is 3.60. The molecule has 1 amide bonds. The van der Waals surface area contributed by atoms with Gasteiger partial charge in [0, 0.05) is 37.6 Å². The van der Waals surface area contributed by atoms with Crippen LogP contribution in [-0.2, 0) is 17.6 Å². The van der Waals surface area contributed by atoms with Gasteiger partial charge in [-0.15, -0.1) is 11.3 Å². The third kappa shape index (κ3) is 6.45. The van der Waals surface area contributed by atoms with Crippen molar-refractivity contribution in [3.05, 3.63) is 45.4 Å². The lowest BCUT2D eigenvalue weighted by atomic mass is 9.73. The standard InChI is InChI=1S/C29H41N3O2S/c1-22-27(35-23(2)30-22)19-28(33)32-15-13-29(14-16-32)12-6-5-8-25-7-3-4-9-26(25)34-18-17-31(21-29)20-24-10-11-24/h3-4,7,9,24H,5-6,8,10-21H2,1-2H3. The Morgan fingerprint density at radius 1 is 1.11 bits per heavy atom. The van der Waals surface area contributed by atoms with Gasteiger partial charge in [-0.3, -0.25) is 9.69 Å². The summed E-state index contributed by atoms with van der Waals surface area (Å²) in [6.45, 7) is 9.97. The Balaban J connectivity index is 1.25. The second kappa shape index (κ2) is 11.0. The van der Waals surface area contributed by atoms with Gasteiger partial charge in [0.25, 0.3) is 0 Å². The molecule has 190 valence electrons. The van der Waals surface area contributed by atoms with Gasteiger partial charge in [0.15, 0.2) is 0 Å². The largest absolute Gasteiger partial charge is 0.492 e. The second-order valence-corrected chi connectivity index (χ2v) is 12.4. The molecule has 0 atom stereocenters. The number of amides is 1. The van der Waals surface area contributed by atoms with Crippen molar-refractivity contribution in [3.8, 4) is 5.75 Å². The molecule has 0 unspecified atom stereocenters. The quantitative estimate of drug-likeness (QED) is 0.568. The zero-order chi connectivity index (χ0) is 24.3. The number of aryl methyl sites for hydroxylation is 3. The number of nitrogens with zero attached hydrogens (tertiary/aromatic N) is 3. The summed E-state index contributed by atoms with van der Waals surface area (Å²) in [4.78, 5) is 23.6. The molecule has 3 heterocycles. The first-order valence-electron chi connectivity index (χ1n) is 13.6. The van der Waals surface area contributed by atoms with E-state index >= 15 is 0 Å². The number of para-hydroxylation sites is 1. The zero-order valence-electron chi connectivity index (χ0n) is 21.6. The Kier molecular flexibility index (Phi) is 7.78. The van der Waals surface area contributed by atoms with Crippen LogP contribution in [0.2, 0.25) is 0 Å². The third-order valence-electron chi connectivity index (χ3n) is 8.30. The minimum atomic E-state index is 0.277. The molecule has 2 aromatic rings. The molecule has 2 aliphatic heterocycles. The van der Waals surface area contributed by atoms with Crippen LogP contribution < -0.4 is 4.74 Å². The van der Waals surface area contributed by atoms with Gasteiger partial charge in [0.2, 0.25) is 5.91 Å². The summed E-state index contributed by atoms with van der Waals surface area (Å²) in [5.41, 5.74) is 2.69. The number of likely N-dealkylation sites (tertiary alicyclic amines) is 1. The van der Waals surface area contributed by atoms with Gasteiger partial charge in [-0.25, -0.2) is 4.98 Å². The van der Waals surface area contributed by atoms with E-state index in [1.54, 1.807) is 11.3 Å². The summed E-state index contributed by atoms with van der Waals surface area (Å²) in [6.07, 6.45) is 10.3. The zero-order valence-corrected chi connectivity index (χ0v) is 22.4. The van der Waals surface area contributed by atoms with Crippen LogP contribution in [0.1, 0.15) is 66.1 Å². The molecule has 1 saturated carbocycles. The fourth-order valence-electron chi connectivity index (χ4n) is 6.03. The summed E-state index contributed by atoms with van der Waals surface area (Å²) in [6, 6.07) is 8.59. The van der Waals surface area contributed by atoms with E-state index < -0.39 is 0 Å². The number of piperidine rings is 1. The van der Waals surface area contributed by atoms with E-state index in [0.717, 1.165) is 79.3 Å². The topological polar surface area (TPSA) is 45.7 Å². The molecule has 1 aromatic heterocycles. The Labute approximate surface area is 214 Å². The van der Waals surface area contributed by atoms with Crippen LogP contribution in [0.25, 0.3) is 0 Å². The molecule has 5 rings (SSSR count). The van der Waals surface area contributed by atoms with Crippen LogP contribution in [0.4, 0.5) is 0 Å². The lowest BCUT2D eigenvalue weighted by molar-refractivity contribution is -0.133. The maximum atomic E-state index is 13.1. The van der Waals surface area contributed by atoms with Crippen LogP contribution in [0.15, 0.2) is 24.3 Å². The molecule has 0 bridgehead atoms. The highest BCUT2D eigenvalue weighted by atomic mass is 32.1. The number of fused-ring (bicyclic) bond motifs is 1. The van der Waals surface area contributed by atoms with Crippen molar-refractivity contribution >= 4 is 17.2 Å². The molecular weight excluding hydrogens is 454 g/mol. The molecular formula is C29H41N3O2S. The van der Waals surface area contributed by atoms with Crippen molar-refractivity contribution < 1.29 is 9.53 Å². The molecule has 1 saturated heterocycles. The molecule has 0 radical (unpaired) electrons. The smallest absolute Gasteiger partial charge is 0.227 e. The monoisotopic (exact) mass is 495 g/mol. The first-order valence-corrected chi connectivity index (χ1v) is 14.5. The van der Waals surface area contributed by atoms with Gasteiger partial charge in [-0.1, -0.05) is 24.6 Å². The normalized spacial score (nSPS) is 21.6. The highest BCUT2D eigenvalue weighted by molar-refractivity contribution is 7.11. The van der Waals surface area contributed by atoms with Crippen molar-refractivity contribution in [2.75, 3.05) is 39.3 Å². The molecule has 1 spiro atoms. The fourth-order valence-corrected chi connectivity index (χ4v) is 6.96. The van der Waals surface area contributed by atoms with Crippen molar-refractivity contribution in [3.63, 3.8) is 0 Å². The Bertz CT molecular complexity index is 1010. The number of benzene rings is 1. The maximum absolute atomic E-state index is 13.1. The van der Waals surface area contributed by atoms with Crippen molar-refractivity contribution in [2.24, 2.45) is 11.3 Å². The minimum absolute atomic E-state index is 0.277. The molecule has 3 aliphatic rings. The Morgan fingerprint density at radius 2 is 1.91 bits per heavy atom. The van der Waals surface area contributed by atoms with Gasteiger partial charge in [-0.05, 0) is 81.8 Å². The lowest BCUT2D eigenvalue weighted by Gasteiger charge is -2.45. The van der Waals surface area contributed by atoms with Gasteiger partial charge in [-0.2, -0.15) is 0 Å². The van der Waals surface area contributed by atoms with E-state index in [2.05, 4.69) is 39.0 Å². The Hall–Kier alpha value is -1.92. The number of hydrogen-bond donors (Lipinski definition) is 0. The number of thiazole rings is 1. The summed E-state index contributed by atoms with van der Waals surface area (Å²) >= 11 is 1.67. The van der Waals surface area contributed by atoms with Gasteiger partial charge < -0.3 is 9.64 Å². The van der Waals surface area contributed by atoms with E-state index in [1.165, 1.54) is 44.2 Å². The van der Waals surface area contributed by atoms with E-state index in [9.17, 15) is 4.79 Å². The molecule has 1 aliphatic carbocycles. The van der Waals surface area contributed by atoms with Crippen LogP contribution in [0.5, 0.6) is 5.75 Å². The van der Waals surface area contributed by atoms with Crippen LogP contribution >= 0.6 is 11.3 Å². The number of ether oxygens (including phenoxy) is 1. The van der Waals surface area contributed by atoms with Gasteiger partial charge in [0.1, 0.15) is 12.4 Å². The van der Waals surface area contributed by atoms with Gasteiger partial charge in [0.05, 0.1) is 17.1 Å². The minimum Gasteiger partial charge on any atom is -0.492 e. The second-order valence-electron chi connectivity index (χ2n) is 11.1. The van der Waals surface area contributed by atoms with E-state index in [4.69, 9.17) is 4.74 Å². The average molecular weight is 496 g/mol. The summed E-state index contributed by atoms with van der Waals surface area (Å²) in [5, 5.41) is 1.05. The molecule has 1 aromatic carbocycles. The van der Waals surface area contributed by atoms with Crippen LogP contribution in [-0.4, -0.2) is 60.0 Å². The number of rotatable bonds is 4. The SMILES string of the molecule is Cc1nc(C)c(CC(=O)N2CCC3(CCCCc4ccccc4OCCN(CC4CC4)C3)CC2)s1. The van der Waals surface area contributed by atoms with Gasteiger partial charge >= 0.3 is 0 Å². The fraction of sp³-hybridized carbons (Fsp3) is 0.655. The summed E-state index contributed by atoms with van der Waals surface area (Å²) in [5.74, 6) is 2.23. The van der Waals surface area contributed by atoms with E-state index in [0.29, 0.717) is 11.8 Å². The molecule has 2 fully saturated rings. The third-order valence-corrected chi connectivity index (χ3v) is 9.37. The van der Waals surface area contributed by atoms with E-state index in [-0.39, 0.29) is 5.91 Å². The Morgan fingerprint density at radius 3 is 2.66 bits per heavy atom. The van der Waals surface area contributed by atoms with E-state index in [1.807, 2.05) is 13.8 Å². The van der Waals surface area contributed by atoms with Crippen molar-refractivity contribution in [2.45, 2.75) is 71.6 Å². The summed E-state index contributed by atoms with van der Waals surface area (Å²) in [7, 11) is 0. The number of carbonyl (C=O) groups excluding carboxylic acids is 1. The highest BCUT2D eigenvalue weighted by Crippen LogP contribution is 2.40. The number of aromatic nitrogens is 1. The predicted molar refractivity (Wildman–Crippen MR) is 142 cm³/mol. The van der Waals surface area contributed by atoms with Crippen LogP contribution in [0.3, 0.4) is 0 Å². The van der Waals surface area contributed by atoms with Crippen molar-refractivity contribution in [1.29, 1.82) is 0 Å². The maximum Gasteiger partial charge on any atom is 0.227 e. The molecule has 35 heavy (non-hydrogen) atoms. The lowest BCUT2D eigenvalue weighted by Crippen LogP contribution is -2.49. The van der Waals surface area contributed by atoms with Crippen molar-refractivity contribution in [1.82, 2.24) is 14.8 Å².